The summed E-state index contributed by atoms with van der Waals surface area (Å²) in [4.78, 5) is 16.1. The molecule has 8 nitrogen and oxygen atoms in total. The lowest BCUT2D eigenvalue weighted by molar-refractivity contribution is 0.102. The zero-order chi connectivity index (χ0) is 20.1. The number of amides is 1. The Kier molecular flexibility index (Phi) is 6.73. The Morgan fingerprint density at radius 2 is 2.19 bits per heavy atom. The number of nitrogens with two attached hydrogens (primary N) is 1. The minimum absolute atomic E-state index is 0.0567. The number of nitrogens with one attached hydrogen (secondary N) is 2. The van der Waals surface area contributed by atoms with E-state index in [4.69, 9.17) is 27.5 Å². The fourth-order valence-electron chi connectivity index (χ4n) is 2.36. The van der Waals surface area contributed by atoms with Gasteiger partial charge in [-0.15, -0.1) is 0 Å². The molecule has 0 saturated carbocycles. The van der Waals surface area contributed by atoms with Crippen molar-refractivity contribution in [1.82, 2.24) is 14.8 Å². The number of pyridine rings is 1. The third-order valence-electron chi connectivity index (χ3n) is 3.89. The minimum Gasteiger partial charge on any atom is -0.466 e. The maximum Gasteiger partial charge on any atom is 0.278 e. The van der Waals surface area contributed by atoms with Crippen LogP contribution < -0.4 is 11.1 Å². The van der Waals surface area contributed by atoms with Gasteiger partial charge in [-0.2, -0.15) is 9.49 Å². The highest BCUT2D eigenvalue weighted by atomic mass is 35.5. The lowest BCUT2D eigenvalue weighted by atomic mass is 9.99. The second-order valence-corrected chi connectivity index (χ2v) is 6.77. The number of hydrogen-bond acceptors (Lipinski definition) is 5. The van der Waals surface area contributed by atoms with Crippen molar-refractivity contribution < 1.29 is 13.9 Å². The Morgan fingerprint density at radius 3 is 2.78 bits per heavy atom. The van der Waals surface area contributed by atoms with Crippen LogP contribution in [0.15, 0.2) is 18.5 Å². The van der Waals surface area contributed by atoms with Gasteiger partial charge in [0.25, 0.3) is 11.9 Å². The maximum absolute atomic E-state index is 14.1. The fourth-order valence-corrected chi connectivity index (χ4v) is 2.58. The number of hydrogen-bond donors (Lipinski definition) is 3. The van der Waals surface area contributed by atoms with Crippen LogP contribution in [-0.2, 0) is 4.74 Å². The molecule has 0 aliphatic carbocycles. The topological polar surface area (TPSA) is 119 Å². The Hall–Kier alpha value is -2.68. The molecule has 4 N–H and O–H groups in total. The Morgan fingerprint density at radius 1 is 1.48 bits per heavy atom. The number of amidine groups is 1. The molecule has 0 aromatic carbocycles. The highest BCUT2D eigenvalue weighted by Gasteiger charge is 2.19. The second kappa shape index (κ2) is 8.81. The van der Waals surface area contributed by atoms with Gasteiger partial charge in [0, 0.05) is 17.8 Å². The van der Waals surface area contributed by atoms with Crippen molar-refractivity contribution in [3.05, 3.63) is 40.7 Å². The van der Waals surface area contributed by atoms with Crippen LogP contribution in [-0.4, -0.2) is 33.3 Å². The van der Waals surface area contributed by atoms with Crippen LogP contribution in [0.4, 0.5) is 10.1 Å². The average molecular weight is 397 g/mol. The summed E-state index contributed by atoms with van der Waals surface area (Å²) in [7, 11) is 0. The first kappa shape index (κ1) is 20.6. The molecule has 2 aromatic heterocycles. The zero-order valence-electron chi connectivity index (χ0n) is 15.3. The van der Waals surface area contributed by atoms with E-state index in [0.29, 0.717) is 17.7 Å². The molecule has 146 valence electrons. The van der Waals surface area contributed by atoms with Crippen molar-refractivity contribution >= 4 is 29.2 Å². The lowest BCUT2D eigenvalue weighted by Crippen LogP contribution is -2.17. The Bertz CT molecular complexity index is 839. The molecular weight excluding hydrogens is 375 g/mol. The molecule has 0 aliphatic heterocycles. The van der Waals surface area contributed by atoms with E-state index in [9.17, 15) is 9.18 Å². The molecule has 2 heterocycles. The lowest BCUT2D eigenvalue weighted by Gasteiger charge is -2.14. The van der Waals surface area contributed by atoms with Crippen molar-refractivity contribution in [2.24, 2.45) is 5.73 Å². The van der Waals surface area contributed by atoms with Gasteiger partial charge >= 0.3 is 0 Å². The Balaban J connectivity index is 2.13. The summed E-state index contributed by atoms with van der Waals surface area (Å²) < 4.78 is 20.5. The fraction of sp³-hybridized carbons (Fsp3) is 0.412. The van der Waals surface area contributed by atoms with Crippen molar-refractivity contribution in [3.8, 4) is 0 Å². The van der Waals surface area contributed by atoms with Crippen molar-refractivity contribution in [1.29, 1.82) is 5.41 Å². The molecule has 10 heteroatoms. The van der Waals surface area contributed by atoms with E-state index in [0.717, 1.165) is 0 Å². The van der Waals surface area contributed by atoms with E-state index in [2.05, 4.69) is 15.4 Å². The molecule has 0 spiro atoms. The monoisotopic (exact) mass is 396 g/mol. The molecule has 1 amide bonds. The molecule has 0 unspecified atom stereocenters. The van der Waals surface area contributed by atoms with Gasteiger partial charge in [-0.3, -0.25) is 14.9 Å². The Labute approximate surface area is 161 Å². The third-order valence-corrected chi connectivity index (χ3v) is 4.17. The van der Waals surface area contributed by atoms with Crippen LogP contribution >= 0.6 is 11.6 Å². The number of rotatable bonds is 7. The number of carbonyl (C=O) groups is 1. The van der Waals surface area contributed by atoms with E-state index >= 15 is 0 Å². The summed E-state index contributed by atoms with van der Waals surface area (Å²) in [5, 5.41) is 14.1. The molecule has 2 aromatic rings. The highest BCUT2D eigenvalue weighted by Crippen LogP contribution is 2.25. The van der Waals surface area contributed by atoms with Crippen LogP contribution in [0, 0.1) is 11.4 Å². The zero-order valence-corrected chi connectivity index (χ0v) is 16.0. The summed E-state index contributed by atoms with van der Waals surface area (Å²) in [6, 6.07) is 1.17. The van der Waals surface area contributed by atoms with Crippen LogP contribution in [0.25, 0.3) is 0 Å². The molecule has 1 atom stereocenters. The van der Waals surface area contributed by atoms with E-state index in [1.54, 1.807) is 17.8 Å². The summed E-state index contributed by atoms with van der Waals surface area (Å²) in [5.41, 5.74) is 5.85. The molecule has 27 heavy (non-hydrogen) atoms. The van der Waals surface area contributed by atoms with Gasteiger partial charge in [0.2, 0.25) is 5.95 Å². The second-order valence-electron chi connectivity index (χ2n) is 6.36. The number of ether oxygens (including phenoxy) is 1. The highest BCUT2D eigenvalue weighted by molar-refractivity contribution is 6.34. The summed E-state index contributed by atoms with van der Waals surface area (Å²) in [6.07, 6.45) is 3.23. The van der Waals surface area contributed by atoms with Crippen LogP contribution in [0.1, 0.15) is 55.2 Å². The van der Waals surface area contributed by atoms with Gasteiger partial charge in [-0.1, -0.05) is 18.5 Å². The first-order chi connectivity index (χ1) is 12.7. The van der Waals surface area contributed by atoms with E-state index in [-0.39, 0.29) is 35.3 Å². The third kappa shape index (κ3) is 5.40. The van der Waals surface area contributed by atoms with Gasteiger partial charge in [-0.25, -0.2) is 4.98 Å². The van der Waals surface area contributed by atoms with Crippen molar-refractivity contribution in [2.75, 3.05) is 11.9 Å². The standard InChI is InChI=1S/C17H22ClFN6O2/c1-9(2)25-8-13(18)14(24-25)16(26)23-11-6-12(15(19)22-7-11)10(3)4-5-27-17(20)21/h6-10H,4-5H2,1-3H3,(H3,20,21)(H,23,26)/t10-/m1/s1. The molecule has 0 bridgehead atoms. The van der Waals surface area contributed by atoms with Crippen LogP contribution in [0.2, 0.25) is 5.02 Å². The smallest absolute Gasteiger partial charge is 0.278 e. The van der Waals surface area contributed by atoms with Gasteiger partial charge in [0.05, 0.1) is 23.5 Å². The van der Waals surface area contributed by atoms with Gasteiger partial charge in [0.15, 0.2) is 5.69 Å². The summed E-state index contributed by atoms with van der Waals surface area (Å²) in [5.74, 6) is -1.39. The molecular formula is C17H22ClFN6O2. The van der Waals surface area contributed by atoms with Gasteiger partial charge in [-0.05, 0) is 32.3 Å². The quantitative estimate of drug-likeness (QED) is 0.377. The molecule has 0 aliphatic rings. The van der Waals surface area contributed by atoms with Crippen molar-refractivity contribution in [3.63, 3.8) is 0 Å². The van der Waals surface area contributed by atoms with Crippen LogP contribution in [0.5, 0.6) is 0 Å². The van der Waals surface area contributed by atoms with Gasteiger partial charge in [0.1, 0.15) is 0 Å². The first-order valence-corrected chi connectivity index (χ1v) is 8.75. The number of halogens is 2. The number of anilines is 1. The molecule has 0 saturated heterocycles. The maximum atomic E-state index is 14.1. The number of nitrogens with zero attached hydrogens (tertiary/aromatic N) is 3. The van der Waals surface area contributed by atoms with Gasteiger partial charge < -0.3 is 15.8 Å². The first-order valence-electron chi connectivity index (χ1n) is 8.37. The SMILES string of the molecule is CC(C)n1cc(Cl)c(C(=O)Nc2cnc(F)c([C@H](C)CCOC(=N)N)c2)n1. The van der Waals surface area contributed by atoms with E-state index in [1.165, 1.54) is 12.3 Å². The summed E-state index contributed by atoms with van der Waals surface area (Å²) >= 11 is 6.08. The predicted octanol–water partition coefficient (Wildman–Crippen LogP) is 3.31. The predicted molar refractivity (Wildman–Crippen MR) is 101 cm³/mol. The van der Waals surface area contributed by atoms with E-state index < -0.39 is 11.9 Å². The number of carbonyl (C=O) groups excluding carboxylic acids is 1. The average Bonchev–Trinajstić information content (AvgIpc) is 2.98. The van der Waals surface area contributed by atoms with Crippen molar-refractivity contribution in [2.45, 2.75) is 39.2 Å². The number of aromatic nitrogens is 3. The minimum atomic E-state index is -0.634. The summed E-state index contributed by atoms with van der Waals surface area (Å²) in [6.45, 7) is 5.79. The molecule has 0 fully saturated rings. The van der Waals surface area contributed by atoms with Crippen LogP contribution in [0.3, 0.4) is 0 Å². The normalized spacial score (nSPS) is 12.1. The molecule has 2 rings (SSSR count). The molecule has 0 radical (unpaired) electrons. The largest absolute Gasteiger partial charge is 0.466 e. The van der Waals surface area contributed by atoms with E-state index in [1.807, 2.05) is 13.8 Å².